The highest BCUT2D eigenvalue weighted by molar-refractivity contribution is 5.89. The predicted molar refractivity (Wildman–Crippen MR) is 61.0 cm³/mol. The van der Waals surface area contributed by atoms with E-state index in [0.717, 1.165) is 25.0 Å². The number of rotatable bonds is 4. The summed E-state index contributed by atoms with van der Waals surface area (Å²) in [4.78, 5) is 11.1. The van der Waals surface area contributed by atoms with Crippen LogP contribution in [0.2, 0.25) is 0 Å². The highest BCUT2D eigenvalue weighted by Crippen LogP contribution is 2.40. The number of carboxylic acid groups (broad SMARTS) is 1. The minimum Gasteiger partial charge on any atom is -0.478 e. The highest BCUT2D eigenvalue weighted by Gasteiger charge is 2.29. The van der Waals surface area contributed by atoms with Gasteiger partial charge in [-0.25, -0.2) is 4.79 Å². The normalized spacial score (nSPS) is 18.1. The number of furan rings is 1. The van der Waals surface area contributed by atoms with Crippen LogP contribution < -0.4 is 0 Å². The van der Waals surface area contributed by atoms with Gasteiger partial charge in [-0.15, -0.1) is 0 Å². The molecular formula is C13H18O3. The predicted octanol–water partition coefficient (Wildman–Crippen LogP) is 3.76. The van der Waals surface area contributed by atoms with E-state index in [1.54, 1.807) is 6.07 Å². The van der Waals surface area contributed by atoms with E-state index in [4.69, 9.17) is 9.52 Å². The lowest BCUT2D eigenvalue weighted by Crippen LogP contribution is -2.11. The average Bonchev–Trinajstić information content (AvgIpc) is 2.58. The smallest absolute Gasteiger partial charge is 0.339 e. The zero-order valence-electron chi connectivity index (χ0n) is 9.82. The molecule has 1 fully saturated rings. The van der Waals surface area contributed by atoms with Gasteiger partial charge in [0.1, 0.15) is 17.1 Å². The fraction of sp³-hybridized carbons (Fsp3) is 0.615. The van der Waals surface area contributed by atoms with Crippen LogP contribution >= 0.6 is 0 Å². The summed E-state index contributed by atoms with van der Waals surface area (Å²) in [6, 6.07) is 1.71. The number of hydrogen-bond acceptors (Lipinski definition) is 2. The summed E-state index contributed by atoms with van der Waals surface area (Å²) in [6.07, 6.45) is 4.28. The Morgan fingerprint density at radius 3 is 2.75 bits per heavy atom. The first-order valence-electron chi connectivity index (χ1n) is 6.00. The first-order chi connectivity index (χ1) is 7.63. The third-order valence-corrected chi connectivity index (χ3v) is 3.58. The van der Waals surface area contributed by atoms with Crippen LogP contribution in [0, 0.1) is 0 Å². The Morgan fingerprint density at radius 2 is 2.31 bits per heavy atom. The van der Waals surface area contributed by atoms with Gasteiger partial charge in [0.25, 0.3) is 0 Å². The molecule has 0 spiro atoms. The number of carboxylic acids is 1. The van der Waals surface area contributed by atoms with Crippen LogP contribution in [0.15, 0.2) is 10.5 Å². The molecule has 1 aromatic heterocycles. The van der Waals surface area contributed by atoms with E-state index in [0.29, 0.717) is 23.2 Å². The van der Waals surface area contributed by atoms with E-state index >= 15 is 0 Å². The Bertz CT molecular complexity index is 388. The van der Waals surface area contributed by atoms with Gasteiger partial charge in [-0.05, 0) is 25.3 Å². The van der Waals surface area contributed by atoms with Crippen molar-refractivity contribution in [1.29, 1.82) is 0 Å². The molecule has 0 aromatic carbocycles. The van der Waals surface area contributed by atoms with Gasteiger partial charge < -0.3 is 9.52 Å². The van der Waals surface area contributed by atoms with Crippen molar-refractivity contribution in [2.45, 2.75) is 51.4 Å². The summed E-state index contributed by atoms with van der Waals surface area (Å²) in [5.41, 5.74) is 0.375. The number of aromatic carboxylic acids is 1. The summed E-state index contributed by atoms with van der Waals surface area (Å²) in [6.45, 7) is 4.14. The molecule has 16 heavy (non-hydrogen) atoms. The van der Waals surface area contributed by atoms with Gasteiger partial charge in [0.15, 0.2) is 0 Å². The van der Waals surface area contributed by atoms with Crippen molar-refractivity contribution in [3.05, 3.63) is 23.2 Å². The maximum atomic E-state index is 11.1. The summed E-state index contributed by atoms with van der Waals surface area (Å²) >= 11 is 0. The third kappa shape index (κ3) is 1.86. The zero-order chi connectivity index (χ0) is 11.7. The van der Waals surface area contributed by atoms with E-state index in [1.165, 1.54) is 6.42 Å². The third-order valence-electron chi connectivity index (χ3n) is 3.58. The molecule has 0 radical (unpaired) electrons. The monoisotopic (exact) mass is 222 g/mol. The molecule has 3 nitrogen and oxygen atoms in total. The molecular weight excluding hydrogens is 204 g/mol. The maximum Gasteiger partial charge on any atom is 0.339 e. The number of carbonyl (C=O) groups is 1. The van der Waals surface area contributed by atoms with Crippen molar-refractivity contribution in [3.63, 3.8) is 0 Å². The van der Waals surface area contributed by atoms with Gasteiger partial charge in [-0.2, -0.15) is 0 Å². The SMILES string of the molecule is CCC(C)c1cc(C(=O)O)c(C2CCC2)o1. The lowest BCUT2D eigenvalue weighted by atomic mass is 9.82. The summed E-state index contributed by atoms with van der Waals surface area (Å²) in [5.74, 6) is 1.30. The molecule has 1 N–H and O–H groups in total. The quantitative estimate of drug-likeness (QED) is 0.843. The van der Waals surface area contributed by atoms with E-state index in [9.17, 15) is 4.79 Å². The molecule has 1 saturated carbocycles. The van der Waals surface area contributed by atoms with Crippen molar-refractivity contribution in [3.8, 4) is 0 Å². The molecule has 88 valence electrons. The molecule has 1 aromatic rings. The average molecular weight is 222 g/mol. The van der Waals surface area contributed by atoms with Gasteiger partial charge in [0, 0.05) is 11.8 Å². The topological polar surface area (TPSA) is 50.4 Å². The Morgan fingerprint density at radius 1 is 1.62 bits per heavy atom. The van der Waals surface area contributed by atoms with E-state index in [-0.39, 0.29) is 0 Å². The van der Waals surface area contributed by atoms with Crippen LogP contribution in [0.25, 0.3) is 0 Å². The first kappa shape index (κ1) is 11.2. The summed E-state index contributed by atoms with van der Waals surface area (Å²) < 4.78 is 5.75. The summed E-state index contributed by atoms with van der Waals surface area (Å²) in [5, 5.41) is 9.14. The van der Waals surface area contributed by atoms with Crippen molar-refractivity contribution in [1.82, 2.24) is 0 Å². The van der Waals surface area contributed by atoms with Crippen LogP contribution in [0.4, 0.5) is 0 Å². The molecule has 3 heteroatoms. The maximum absolute atomic E-state index is 11.1. The standard InChI is InChI=1S/C13H18O3/c1-3-8(2)11-7-10(13(14)15)12(16-11)9-5-4-6-9/h7-9H,3-6H2,1-2H3,(H,14,15). The Kier molecular flexibility index (Phi) is 3.03. The van der Waals surface area contributed by atoms with Crippen molar-refractivity contribution < 1.29 is 14.3 Å². The lowest BCUT2D eigenvalue weighted by molar-refractivity contribution is 0.0692. The van der Waals surface area contributed by atoms with Crippen LogP contribution in [0.3, 0.4) is 0 Å². The minimum atomic E-state index is -0.861. The molecule has 1 unspecified atom stereocenters. The molecule has 1 aliphatic carbocycles. The lowest BCUT2D eigenvalue weighted by Gasteiger charge is -2.23. The van der Waals surface area contributed by atoms with Gasteiger partial charge in [-0.1, -0.05) is 20.3 Å². The Hall–Kier alpha value is -1.25. The zero-order valence-corrected chi connectivity index (χ0v) is 9.82. The minimum absolute atomic E-state index is 0.298. The molecule has 1 aliphatic rings. The Labute approximate surface area is 95.5 Å². The van der Waals surface area contributed by atoms with Gasteiger partial charge in [-0.3, -0.25) is 0 Å². The first-order valence-corrected chi connectivity index (χ1v) is 6.00. The van der Waals surface area contributed by atoms with Crippen LogP contribution in [0.1, 0.15) is 73.2 Å². The molecule has 1 heterocycles. The molecule has 2 rings (SSSR count). The second-order valence-electron chi connectivity index (χ2n) is 4.67. The highest BCUT2D eigenvalue weighted by atomic mass is 16.4. The molecule has 0 saturated heterocycles. The molecule has 0 aliphatic heterocycles. The summed E-state index contributed by atoms with van der Waals surface area (Å²) in [7, 11) is 0. The Balaban J connectivity index is 2.33. The van der Waals surface area contributed by atoms with Crippen molar-refractivity contribution >= 4 is 5.97 Å². The van der Waals surface area contributed by atoms with Gasteiger partial charge in [0.2, 0.25) is 0 Å². The van der Waals surface area contributed by atoms with E-state index < -0.39 is 5.97 Å². The fourth-order valence-electron chi connectivity index (χ4n) is 2.01. The van der Waals surface area contributed by atoms with Crippen molar-refractivity contribution in [2.75, 3.05) is 0 Å². The largest absolute Gasteiger partial charge is 0.478 e. The molecule has 0 amide bonds. The van der Waals surface area contributed by atoms with Gasteiger partial charge in [0.05, 0.1) is 0 Å². The van der Waals surface area contributed by atoms with Crippen LogP contribution in [-0.4, -0.2) is 11.1 Å². The number of hydrogen-bond donors (Lipinski definition) is 1. The van der Waals surface area contributed by atoms with E-state index in [1.807, 2.05) is 0 Å². The molecule has 1 atom stereocenters. The second-order valence-corrected chi connectivity index (χ2v) is 4.67. The van der Waals surface area contributed by atoms with Crippen molar-refractivity contribution in [2.24, 2.45) is 0 Å². The fourth-order valence-corrected chi connectivity index (χ4v) is 2.01. The van der Waals surface area contributed by atoms with E-state index in [2.05, 4.69) is 13.8 Å². The molecule has 0 bridgehead atoms. The second kappa shape index (κ2) is 4.32. The van der Waals surface area contributed by atoms with Crippen LogP contribution in [-0.2, 0) is 0 Å². The van der Waals surface area contributed by atoms with Gasteiger partial charge >= 0.3 is 5.97 Å². The van der Waals surface area contributed by atoms with Crippen LogP contribution in [0.5, 0.6) is 0 Å².